The van der Waals surface area contributed by atoms with Crippen molar-refractivity contribution in [2.24, 2.45) is 0 Å². The number of nitrogens with zero attached hydrogens (tertiary/aromatic N) is 1. The van der Waals surface area contributed by atoms with Crippen molar-refractivity contribution in [1.29, 1.82) is 0 Å². The second-order valence-electron chi connectivity index (χ2n) is 2.55. The molecule has 15 heavy (non-hydrogen) atoms. The summed E-state index contributed by atoms with van der Waals surface area (Å²) in [7, 11) is 0. The molecule has 7 heteroatoms. The minimum atomic E-state index is -4.39. The molecule has 1 amide bonds. The first kappa shape index (κ1) is 11.3. The van der Waals surface area contributed by atoms with Crippen LogP contribution in [-0.2, 0) is 4.79 Å². The number of carbonyl (C=O) groups excluding carboxylic acids is 1. The van der Waals surface area contributed by atoms with Crippen LogP contribution in [0.3, 0.4) is 0 Å². The van der Waals surface area contributed by atoms with Crippen molar-refractivity contribution in [3.05, 3.63) is 18.3 Å². The fraction of sp³-hybridized carbons (Fsp3) is 0.250. The fourth-order valence-electron chi connectivity index (χ4n) is 0.775. The van der Waals surface area contributed by atoms with E-state index in [1.165, 1.54) is 18.3 Å². The summed E-state index contributed by atoms with van der Waals surface area (Å²) in [4.78, 5) is 13.6. The summed E-state index contributed by atoms with van der Waals surface area (Å²) in [6, 6.07) is 2.62. The van der Waals surface area contributed by atoms with Crippen molar-refractivity contribution < 1.29 is 22.7 Å². The minimum absolute atomic E-state index is 0.149. The number of aromatic nitrogens is 1. The number of anilines is 1. The predicted octanol–water partition coefficient (Wildman–Crippen LogP) is 1.59. The van der Waals surface area contributed by atoms with Crippen molar-refractivity contribution in [3.8, 4) is 5.88 Å². The van der Waals surface area contributed by atoms with Crippen molar-refractivity contribution in [1.82, 2.24) is 4.98 Å². The van der Waals surface area contributed by atoms with Gasteiger partial charge in [0, 0.05) is 6.07 Å². The zero-order valence-corrected chi connectivity index (χ0v) is 7.41. The van der Waals surface area contributed by atoms with Crippen LogP contribution < -0.4 is 10.1 Å². The summed E-state index contributed by atoms with van der Waals surface area (Å²) in [6.07, 6.45) is -2.76. The molecule has 0 spiro atoms. The molecule has 0 unspecified atom stereocenters. The van der Waals surface area contributed by atoms with E-state index in [2.05, 4.69) is 15.0 Å². The van der Waals surface area contributed by atoms with Gasteiger partial charge in [0.25, 0.3) is 0 Å². The maximum atomic E-state index is 11.7. The van der Waals surface area contributed by atoms with Crippen LogP contribution in [0.1, 0.15) is 0 Å². The molecule has 0 saturated carbocycles. The van der Waals surface area contributed by atoms with Crippen LogP contribution in [0, 0.1) is 0 Å². The maximum absolute atomic E-state index is 11.7. The number of ether oxygens (including phenoxy) is 1. The van der Waals surface area contributed by atoms with Crippen LogP contribution in [0.5, 0.6) is 5.88 Å². The van der Waals surface area contributed by atoms with E-state index >= 15 is 0 Å². The Balaban J connectivity index is 2.53. The van der Waals surface area contributed by atoms with Crippen molar-refractivity contribution >= 4 is 12.1 Å². The normalized spacial score (nSPS) is 10.9. The molecule has 0 radical (unpaired) electrons. The second-order valence-corrected chi connectivity index (χ2v) is 2.55. The molecule has 1 aromatic rings. The predicted molar refractivity (Wildman–Crippen MR) is 45.5 cm³/mol. The van der Waals surface area contributed by atoms with Gasteiger partial charge in [-0.1, -0.05) is 0 Å². The number of amides is 1. The van der Waals surface area contributed by atoms with Gasteiger partial charge >= 0.3 is 6.18 Å². The van der Waals surface area contributed by atoms with E-state index in [4.69, 9.17) is 0 Å². The highest BCUT2D eigenvalue weighted by Crippen LogP contribution is 2.17. The fourth-order valence-corrected chi connectivity index (χ4v) is 0.775. The summed E-state index contributed by atoms with van der Waals surface area (Å²) in [5.74, 6) is -0.149. The maximum Gasteiger partial charge on any atom is 0.422 e. The molecule has 0 bridgehead atoms. The molecule has 1 rings (SSSR count). The van der Waals surface area contributed by atoms with Crippen LogP contribution in [-0.4, -0.2) is 24.2 Å². The van der Waals surface area contributed by atoms with Gasteiger partial charge in [-0.3, -0.25) is 4.79 Å². The van der Waals surface area contributed by atoms with Gasteiger partial charge in [-0.05, 0) is 6.07 Å². The third-order valence-corrected chi connectivity index (χ3v) is 1.35. The van der Waals surface area contributed by atoms with Gasteiger partial charge in [-0.2, -0.15) is 13.2 Å². The first-order chi connectivity index (χ1) is 7.01. The molecule has 0 aliphatic rings. The van der Waals surface area contributed by atoms with E-state index in [0.29, 0.717) is 12.1 Å². The molecule has 1 aromatic heterocycles. The number of alkyl halides is 3. The Morgan fingerprint density at radius 1 is 1.47 bits per heavy atom. The molecule has 1 N–H and O–H groups in total. The lowest BCUT2D eigenvalue weighted by atomic mass is 10.4. The number of carbonyl (C=O) groups is 1. The first-order valence-electron chi connectivity index (χ1n) is 3.87. The lowest BCUT2D eigenvalue weighted by Gasteiger charge is -2.08. The topological polar surface area (TPSA) is 51.2 Å². The van der Waals surface area contributed by atoms with E-state index in [-0.39, 0.29) is 5.88 Å². The molecule has 0 atom stereocenters. The highest BCUT2D eigenvalue weighted by Gasteiger charge is 2.28. The molecule has 0 aromatic carbocycles. The third kappa shape index (κ3) is 4.30. The molecular weight excluding hydrogens is 213 g/mol. The number of halogens is 3. The van der Waals surface area contributed by atoms with Crippen LogP contribution in [0.4, 0.5) is 18.9 Å². The number of hydrogen-bond acceptors (Lipinski definition) is 3. The Morgan fingerprint density at radius 2 is 2.20 bits per heavy atom. The van der Waals surface area contributed by atoms with Crippen LogP contribution in [0.2, 0.25) is 0 Å². The number of nitrogens with one attached hydrogen (secondary N) is 1. The van der Waals surface area contributed by atoms with Gasteiger partial charge in [0.1, 0.15) is 0 Å². The third-order valence-electron chi connectivity index (χ3n) is 1.35. The van der Waals surface area contributed by atoms with Crippen molar-refractivity contribution in [2.45, 2.75) is 6.18 Å². The first-order valence-corrected chi connectivity index (χ1v) is 3.87. The lowest BCUT2D eigenvalue weighted by molar-refractivity contribution is -0.154. The van der Waals surface area contributed by atoms with E-state index < -0.39 is 12.8 Å². The lowest BCUT2D eigenvalue weighted by Crippen LogP contribution is -2.19. The van der Waals surface area contributed by atoms with E-state index in [0.717, 1.165) is 0 Å². The average molecular weight is 220 g/mol. The number of rotatable bonds is 4. The summed E-state index contributed by atoms with van der Waals surface area (Å²) in [5, 5.41) is 2.29. The molecule has 0 aliphatic heterocycles. The monoisotopic (exact) mass is 220 g/mol. The highest BCUT2D eigenvalue weighted by molar-refractivity contribution is 5.70. The Hall–Kier alpha value is -1.79. The Morgan fingerprint density at radius 3 is 2.67 bits per heavy atom. The summed E-state index contributed by atoms with van der Waals surface area (Å²) >= 11 is 0. The Labute approximate surface area is 83.1 Å². The summed E-state index contributed by atoms with van der Waals surface area (Å²) < 4.78 is 39.5. The zero-order valence-electron chi connectivity index (χ0n) is 7.41. The van der Waals surface area contributed by atoms with Gasteiger partial charge in [0.15, 0.2) is 6.61 Å². The second kappa shape index (κ2) is 4.63. The Bertz CT molecular complexity index is 324. The standard InChI is InChI=1S/C8H7F3N2O2/c9-8(10,11)4-15-7-2-1-6(3-12-7)13-5-14/h1-3,5H,4H2,(H,13,14). The summed E-state index contributed by atoms with van der Waals surface area (Å²) in [6.45, 7) is -1.39. The van der Waals surface area contributed by atoms with Crippen LogP contribution >= 0.6 is 0 Å². The molecule has 1 heterocycles. The quantitative estimate of drug-likeness (QED) is 0.784. The minimum Gasteiger partial charge on any atom is -0.468 e. The van der Waals surface area contributed by atoms with Gasteiger partial charge in [-0.15, -0.1) is 0 Å². The number of hydrogen-bond donors (Lipinski definition) is 1. The molecule has 82 valence electrons. The van der Waals surface area contributed by atoms with Gasteiger partial charge < -0.3 is 10.1 Å². The SMILES string of the molecule is O=CNc1ccc(OCC(F)(F)F)nc1. The van der Waals surface area contributed by atoms with Crippen LogP contribution in [0.15, 0.2) is 18.3 Å². The summed E-state index contributed by atoms with van der Waals surface area (Å²) in [5.41, 5.74) is 0.379. The van der Waals surface area contributed by atoms with E-state index in [9.17, 15) is 18.0 Å². The Kier molecular flexibility index (Phi) is 3.48. The average Bonchev–Trinajstić information content (AvgIpc) is 2.16. The van der Waals surface area contributed by atoms with E-state index in [1.807, 2.05) is 0 Å². The highest BCUT2D eigenvalue weighted by atomic mass is 19.4. The molecule has 0 fully saturated rings. The molecule has 0 aliphatic carbocycles. The van der Waals surface area contributed by atoms with Gasteiger partial charge in [0.2, 0.25) is 12.3 Å². The molecular formula is C8H7F3N2O2. The molecule has 0 saturated heterocycles. The van der Waals surface area contributed by atoms with Crippen molar-refractivity contribution in [3.63, 3.8) is 0 Å². The number of pyridine rings is 1. The van der Waals surface area contributed by atoms with Crippen LogP contribution in [0.25, 0.3) is 0 Å². The largest absolute Gasteiger partial charge is 0.468 e. The van der Waals surface area contributed by atoms with Gasteiger partial charge in [-0.25, -0.2) is 4.98 Å². The smallest absolute Gasteiger partial charge is 0.422 e. The van der Waals surface area contributed by atoms with E-state index in [1.54, 1.807) is 0 Å². The zero-order chi connectivity index (χ0) is 11.3. The van der Waals surface area contributed by atoms with Gasteiger partial charge in [0.05, 0.1) is 11.9 Å². The van der Waals surface area contributed by atoms with Crippen molar-refractivity contribution in [2.75, 3.05) is 11.9 Å². The molecule has 4 nitrogen and oxygen atoms in total.